The highest BCUT2D eigenvalue weighted by atomic mass is 79.9. The number of hydrogen-bond donors (Lipinski definition) is 0. The van der Waals surface area contributed by atoms with Crippen LogP contribution in [0.3, 0.4) is 0 Å². The molecule has 0 aliphatic heterocycles. The standard InChI is InChI=1S/C8H5BrFNO/c1-11-8-6(10)3-5(9)4-7(8)12-2/h3-4H,2H3. The topological polar surface area (TPSA) is 13.6 Å². The molecule has 0 saturated heterocycles. The lowest BCUT2D eigenvalue weighted by molar-refractivity contribution is 0.414. The van der Waals surface area contributed by atoms with Crippen LogP contribution in [0.25, 0.3) is 4.85 Å². The third kappa shape index (κ3) is 1.56. The van der Waals surface area contributed by atoms with Gasteiger partial charge in [0.1, 0.15) is 11.6 Å². The number of hydrogen-bond acceptors (Lipinski definition) is 1. The van der Waals surface area contributed by atoms with Crippen LogP contribution in [0.2, 0.25) is 0 Å². The van der Waals surface area contributed by atoms with Gasteiger partial charge in [-0.1, -0.05) is 15.9 Å². The van der Waals surface area contributed by atoms with E-state index in [0.29, 0.717) is 4.47 Å². The molecule has 0 N–H and O–H groups in total. The molecular weight excluding hydrogens is 225 g/mol. The fraction of sp³-hybridized carbons (Fsp3) is 0.125. The van der Waals surface area contributed by atoms with Crippen LogP contribution in [0.15, 0.2) is 16.6 Å². The minimum Gasteiger partial charge on any atom is -0.508 e. The number of ether oxygens (including phenoxy) is 1. The average Bonchev–Trinajstić information content (AvgIpc) is 2.03. The van der Waals surface area contributed by atoms with Gasteiger partial charge in [0.05, 0.1) is 13.7 Å². The molecule has 12 heavy (non-hydrogen) atoms. The third-order valence-electron chi connectivity index (χ3n) is 1.32. The van der Waals surface area contributed by atoms with Crippen molar-refractivity contribution in [1.29, 1.82) is 0 Å². The molecule has 0 heterocycles. The van der Waals surface area contributed by atoms with E-state index in [1.54, 1.807) is 6.07 Å². The Balaban J connectivity index is 3.36. The molecular formula is C8H5BrFNO. The number of nitrogens with zero attached hydrogens (tertiary/aromatic N) is 1. The van der Waals surface area contributed by atoms with E-state index in [0.717, 1.165) is 0 Å². The molecule has 0 aromatic heterocycles. The molecule has 0 spiro atoms. The monoisotopic (exact) mass is 229 g/mol. The predicted molar refractivity (Wildman–Crippen MR) is 46.9 cm³/mol. The molecule has 0 atom stereocenters. The van der Waals surface area contributed by atoms with Crippen LogP contribution in [0.5, 0.6) is 5.75 Å². The molecule has 2 nitrogen and oxygen atoms in total. The molecule has 0 aliphatic carbocycles. The van der Waals surface area contributed by atoms with Crippen LogP contribution in [-0.2, 0) is 0 Å². The molecule has 1 rings (SSSR count). The Morgan fingerprint density at radius 3 is 2.75 bits per heavy atom. The summed E-state index contributed by atoms with van der Waals surface area (Å²) in [6.07, 6.45) is 0. The van der Waals surface area contributed by atoms with E-state index in [-0.39, 0.29) is 11.4 Å². The molecule has 1 aromatic rings. The second kappa shape index (κ2) is 3.55. The van der Waals surface area contributed by atoms with Gasteiger partial charge in [-0.15, -0.1) is 0 Å². The van der Waals surface area contributed by atoms with E-state index in [9.17, 15) is 4.39 Å². The van der Waals surface area contributed by atoms with Crippen molar-refractivity contribution in [1.82, 2.24) is 0 Å². The highest BCUT2D eigenvalue weighted by Gasteiger charge is 2.10. The summed E-state index contributed by atoms with van der Waals surface area (Å²) in [7, 11) is 1.40. The Hall–Kier alpha value is -1.08. The molecule has 0 saturated carbocycles. The predicted octanol–water partition coefficient (Wildman–Crippen LogP) is 3.15. The van der Waals surface area contributed by atoms with Gasteiger partial charge in [0, 0.05) is 4.47 Å². The van der Waals surface area contributed by atoms with Gasteiger partial charge in [0.2, 0.25) is 0 Å². The zero-order chi connectivity index (χ0) is 9.14. The lowest BCUT2D eigenvalue weighted by Crippen LogP contribution is -1.85. The molecule has 0 bridgehead atoms. The van der Waals surface area contributed by atoms with E-state index in [4.69, 9.17) is 11.3 Å². The fourth-order valence-corrected chi connectivity index (χ4v) is 1.22. The van der Waals surface area contributed by atoms with E-state index in [1.165, 1.54) is 13.2 Å². The third-order valence-corrected chi connectivity index (χ3v) is 1.78. The zero-order valence-corrected chi connectivity index (χ0v) is 7.85. The lowest BCUT2D eigenvalue weighted by Gasteiger charge is -2.03. The summed E-state index contributed by atoms with van der Waals surface area (Å²) < 4.78 is 18.3. The van der Waals surface area contributed by atoms with Gasteiger partial charge >= 0.3 is 0 Å². The molecule has 0 amide bonds. The summed E-state index contributed by atoms with van der Waals surface area (Å²) >= 11 is 3.09. The maximum Gasteiger partial charge on any atom is 0.262 e. The average molecular weight is 230 g/mol. The van der Waals surface area contributed by atoms with Crippen molar-refractivity contribution in [3.8, 4) is 5.75 Å². The first kappa shape index (κ1) is 9.01. The minimum absolute atomic E-state index is 0.0827. The number of benzene rings is 1. The van der Waals surface area contributed by atoms with E-state index in [1.807, 2.05) is 0 Å². The van der Waals surface area contributed by atoms with Crippen molar-refractivity contribution in [2.75, 3.05) is 7.11 Å². The van der Waals surface area contributed by atoms with Gasteiger partial charge < -0.3 is 4.74 Å². The Morgan fingerprint density at radius 2 is 2.25 bits per heavy atom. The van der Waals surface area contributed by atoms with Gasteiger partial charge in [0.15, 0.2) is 0 Å². The first-order valence-corrected chi connectivity index (χ1v) is 3.89. The maximum atomic E-state index is 13.0. The second-order valence-corrected chi connectivity index (χ2v) is 2.97. The molecule has 62 valence electrons. The van der Waals surface area contributed by atoms with Gasteiger partial charge in [-0.3, -0.25) is 0 Å². The number of rotatable bonds is 1. The molecule has 1 aromatic carbocycles. The largest absolute Gasteiger partial charge is 0.508 e. The minimum atomic E-state index is -0.573. The molecule has 0 fully saturated rings. The quantitative estimate of drug-likeness (QED) is 0.675. The number of methoxy groups -OCH3 is 1. The lowest BCUT2D eigenvalue weighted by atomic mass is 10.3. The first-order valence-electron chi connectivity index (χ1n) is 3.09. The summed E-state index contributed by atoms with van der Waals surface area (Å²) in [6, 6.07) is 2.78. The van der Waals surface area contributed by atoms with Crippen LogP contribution in [0, 0.1) is 12.4 Å². The van der Waals surface area contributed by atoms with Gasteiger partial charge in [-0.05, 0) is 12.1 Å². The van der Waals surface area contributed by atoms with Gasteiger partial charge in [-0.25, -0.2) is 9.24 Å². The van der Waals surface area contributed by atoms with Gasteiger partial charge in [-0.2, -0.15) is 0 Å². The Morgan fingerprint density at radius 1 is 1.58 bits per heavy atom. The molecule has 0 unspecified atom stereocenters. The van der Waals surface area contributed by atoms with Crippen LogP contribution in [0.4, 0.5) is 10.1 Å². The Bertz CT molecular complexity index is 346. The summed E-state index contributed by atoms with van der Waals surface area (Å²) in [6.45, 7) is 6.69. The van der Waals surface area contributed by atoms with Crippen molar-refractivity contribution in [3.05, 3.63) is 33.8 Å². The Kier molecular flexibility index (Phi) is 2.66. The van der Waals surface area contributed by atoms with E-state index >= 15 is 0 Å². The molecule has 0 aliphatic rings. The SMILES string of the molecule is [C-]#[N+]c1c(F)cc(Br)cc1OC. The highest BCUT2D eigenvalue weighted by Crippen LogP contribution is 2.33. The van der Waals surface area contributed by atoms with Crippen molar-refractivity contribution in [3.63, 3.8) is 0 Å². The van der Waals surface area contributed by atoms with E-state index < -0.39 is 5.82 Å². The van der Waals surface area contributed by atoms with Crippen molar-refractivity contribution < 1.29 is 9.13 Å². The zero-order valence-electron chi connectivity index (χ0n) is 6.27. The van der Waals surface area contributed by atoms with Gasteiger partial charge in [0.25, 0.3) is 5.69 Å². The second-order valence-electron chi connectivity index (χ2n) is 2.05. The summed E-state index contributed by atoms with van der Waals surface area (Å²) in [5, 5.41) is 0. The normalized spacial score (nSPS) is 9.17. The van der Waals surface area contributed by atoms with Crippen LogP contribution in [-0.4, -0.2) is 7.11 Å². The summed E-state index contributed by atoms with van der Waals surface area (Å²) in [5.74, 6) is -0.326. The van der Waals surface area contributed by atoms with E-state index in [2.05, 4.69) is 20.8 Å². The maximum absolute atomic E-state index is 13.0. The highest BCUT2D eigenvalue weighted by molar-refractivity contribution is 9.10. The molecule has 0 radical (unpaired) electrons. The number of halogens is 2. The first-order chi connectivity index (χ1) is 5.69. The van der Waals surface area contributed by atoms with Crippen molar-refractivity contribution in [2.45, 2.75) is 0 Å². The molecule has 4 heteroatoms. The summed E-state index contributed by atoms with van der Waals surface area (Å²) in [4.78, 5) is 3.01. The van der Waals surface area contributed by atoms with Crippen LogP contribution in [0.1, 0.15) is 0 Å². The fourth-order valence-electron chi connectivity index (χ4n) is 0.806. The van der Waals surface area contributed by atoms with Crippen LogP contribution >= 0.6 is 15.9 Å². The van der Waals surface area contributed by atoms with Crippen molar-refractivity contribution >= 4 is 21.6 Å². The van der Waals surface area contributed by atoms with Crippen LogP contribution < -0.4 is 4.74 Å². The Labute approximate surface area is 77.9 Å². The van der Waals surface area contributed by atoms with Crippen molar-refractivity contribution in [2.24, 2.45) is 0 Å². The smallest absolute Gasteiger partial charge is 0.262 e. The summed E-state index contributed by atoms with van der Waals surface area (Å²) in [5.41, 5.74) is -0.0827.